The predicted octanol–water partition coefficient (Wildman–Crippen LogP) is 11.6. The first-order valence-corrected chi connectivity index (χ1v) is 18.3. The molecule has 1 atom stereocenters. The molecule has 0 N–H and O–H groups in total. The molecule has 0 amide bonds. The van der Waals surface area contributed by atoms with Crippen LogP contribution in [0.1, 0.15) is 93.0 Å². The summed E-state index contributed by atoms with van der Waals surface area (Å²) in [6.45, 7) is 25.3. The van der Waals surface area contributed by atoms with Gasteiger partial charge < -0.3 is 9.47 Å². The molecular formula is C46H49N3O2. The second-order valence-corrected chi connectivity index (χ2v) is 16.8. The van der Waals surface area contributed by atoms with E-state index in [4.69, 9.17) is 19.5 Å². The summed E-state index contributed by atoms with van der Waals surface area (Å²) < 4.78 is 15.6. The summed E-state index contributed by atoms with van der Waals surface area (Å²) in [5.41, 5.74) is 15.1. The number of aryl methyl sites for hydroxylation is 4. The molecule has 0 saturated carbocycles. The van der Waals surface area contributed by atoms with Crippen LogP contribution in [0.2, 0.25) is 0 Å². The second-order valence-electron chi connectivity index (χ2n) is 16.8. The van der Waals surface area contributed by atoms with E-state index >= 15 is 0 Å². The first-order valence-electron chi connectivity index (χ1n) is 18.3. The number of benzene rings is 4. The summed E-state index contributed by atoms with van der Waals surface area (Å²) in [5.74, 6) is 2.67. The molecule has 0 saturated heterocycles. The Bertz CT molecular complexity index is 2410. The van der Waals surface area contributed by atoms with Gasteiger partial charge in [-0.05, 0) is 126 Å². The number of ether oxygens (including phenoxy) is 2. The maximum absolute atomic E-state index is 6.98. The highest BCUT2D eigenvalue weighted by Crippen LogP contribution is 2.50. The molecule has 0 aliphatic carbocycles. The minimum absolute atomic E-state index is 0.0130. The molecular weight excluding hydrogens is 627 g/mol. The van der Waals surface area contributed by atoms with E-state index in [1.54, 1.807) is 0 Å². The lowest BCUT2D eigenvalue weighted by Crippen LogP contribution is -2.27. The zero-order chi connectivity index (χ0) is 36.1. The number of nitrogens with zero attached hydrogens (tertiary/aromatic N) is 3. The fraction of sp³-hybridized carbons (Fsp3) is 0.348. The summed E-state index contributed by atoms with van der Waals surface area (Å²) >= 11 is 0. The number of aliphatic imine (C=N–C) groups is 1. The Balaban J connectivity index is 1.32. The summed E-state index contributed by atoms with van der Waals surface area (Å²) in [6.07, 6.45) is 1.90. The van der Waals surface area contributed by atoms with Gasteiger partial charge in [0.15, 0.2) is 0 Å². The SMILES string of the molecule is Cc1cc(C)c(-c2cc(Oc3cc4c(cc3C)C(C)(C)c3cc(C(C)(C)C)cc5c6cccnc6n-4c35)cc(C3=N[C@H](C(C)C)CO3)c2)c(C)c1. The molecule has 0 fully saturated rings. The molecule has 6 aromatic rings. The number of aromatic nitrogens is 2. The molecule has 5 nitrogen and oxygen atoms in total. The van der Waals surface area contributed by atoms with E-state index in [2.05, 4.69) is 141 Å². The fourth-order valence-corrected chi connectivity index (χ4v) is 8.31. The lowest BCUT2D eigenvalue weighted by molar-refractivity contribution is 0.292. The predicted molar refractivity (Wildman–Crippen MR) is 211 cm³/mol. The molecule has 0 radical (unpaired) electrons. The van der Waals surface area contributed by atoms with Gasteiger partial charge in [-0.3, -0.25) is 4.57 Å². The fourth-order valence-electron chi connectivity index (χ4n) is 8.31. The quantitative estimate of drug-likeness (QED) is 0.183. The van der Waals surface area contributed by atoms with Crippen molar-refractivity contribution in [2.24, 2.45) is 10.9 Å². The first-order chi connectivity index (χ1) is 24.1. The van der Waals surface area contributed by atoms with E-state index in [-0.39, 0.29) is 16.9 Å². The number of hydrogen-bond donors (Lipinski definition) is 0. The van der Waals surface area contributed by atoms with Gasteiger partial charge in [0, 0.05) is 34.0 Å². The maximum atomic E-state index is 6.98. The van der Waals surface area contributed by atoms with E-state index in [0.29, 0.717) is 18.4 Å². The normalized spacial score (nSPS) is 16.5. The highest BCUT2D eigenvalue weighted by Gasteiger charge is 2.37. The van der Waals surface area contributed by atoms with Crippen molar-refractivity contribution in [1.82, 2.24) is 9.55 Å². The topological polar surface area (TPSA) is 48.6 Å². The maximum Gasteiger partial charge on any atom is 0.216 e. The Labute approximate surface area is 302 Å². The molecule has 2 aromatic heterocycles. The van der Waals surface area contributed by atoms with Crippen LogP contribution in [0.5, 0.6) is 11.5 Å². The van der Waals surface area contributed by atoms with E-state index in [1.165, 1.54) is 55.2 Å². The van der Waals surface area contributed by atoms with Crippen molar-refractivity contribution >= 4 is 27.8 Å². The lowest BCUT2D eigenvalue weighted by atomic mass is 9.72. The molecule has 0 unspecified atom stereocenters. The van der Waals surface area contributed by atoms with Gasteiger partial charge in [-0.2, -0.15) is 0 Å². The number of rotatable bonds is 5. The van der Waals surface area contributed by atoms with Crippen LogP contribution in [0, 0.1) is 33.6 Å². The van der Waals surface area contributed by atoms with Crippen LogP contribution < -0.4 is 4.74 Å². The van der Waals surface area contributed by atoms with Crippen molar-refractivity contribution < 1.29 is 9.47 Å². The highest BCUT2D eigenvalue weighted by atomic mass is 16.5. The van der Waals surface area contributed by atoms with Gasteiger partial charge in [-0.1, -0.05) is 72.2 Å². The number of fused-ring (bicyclic) bond motifs is 5. The first kappa shape index (κ1) is 33.3. The van der Waals surface area contributed by atoms with Gasteiger partial charge in [-0.25, -0.2) is 9.98 Å². The Kier molecular flexibility index (Phi) is 7.54. The Morgan fingerprint density at radius 1 is 0.843 bits per heavy atom. The zero-order valence-electron chi connectivity index (χ0n) is 31.9. The van der Waals surface area contributed by atoms with Gasteiger partial charge in [-0.15, -0.1) is 0 Å². The average molecular weight is 676 g/mol. The Morgan fingerprint density at radius 3 is 2.25 bits per heavy atom. The minimum atomic E-state index is -0.235. The van der Waals surface area contributed by atoms with Crippen molar-refractivity contribution in [3.8, 4) is 28.3 Å². The molecule has 0 bridgehead atoms. The van der Waals surface area contributed by atoms with Crippen LogP contribution in [0.25, 0.3) is 38.8 Å². The van der Waals surface area contributed by atoms with Crippen LogP contribution >= 0.6 is 0 Å². The largest absolute Gasteiger partial charge is 0.475 e. The summed E-state index contributed by atoms with van der Waals surface area (Å²) in [6, 6.07) is 24.7. The van der Waals surface area contributed by atoms with Crippen LogP contribution in [-0.2, 0) is 15.6 Å². The standard InChI is InChI=1S/C46H49N3O2/c1-25(2)38-24-50-44(48-38)31-18-30(41-28(5)15-26(3)16-29(41)6)19-33(20-31)51-40-23-39-36(17-27(40)4)46(10,11)37-22-32(45(7,8)9)21-35-34-13-12-14-47-43(34)49(39)42(35)37/h12-23,25,38H,24H2,1-11H3/t38-/m0/s1. The molecule has 2 aliphatic rings. The third-order valence-electron chi connectivity index (χ3n) is 11.2. The molecule has 8 rings (SSSR count). The highest BCUT2D eigenvalue weighted by molar-refractivity contribution is 6.10. The van der Waals surface area contributed by atoms with Gasteiger partial charge in [0.05, 0.1) is 17.2 Å². The summed E-state index contributed by atoms with van der Waals surface area (Å²) in [4.78, 5) is 9.98. The van der Waals surface area contributed by atoms with Gasteiger partial charge >= 0.3 is 0 Å². The molecule has 4 heterocycles. The molecule has 260 valence electrons. The van der Waals surface area contributed by atoms with Crippen LogP contribution in [0.3, 0.4) is 0 Å². The average Bonchev–Trinajstić information content (AvgIpc) is 3.68. The van der Waals surface area contributed by atoms with E-state index in [0.717, 1.165) is 39.5 Å². The third-order valence-corrected chi connectivity index (χ3v) is 11.2. The van der Waals surface area contributed by atoms with Crippen molar-refractivity contribution in [2.45, 2.75) is 93.0 Å². The van der Waals surface area contributed by atoms with Crippen molar-refractivity contribution in [2.75, 3.05) is 6.61 Å². The van der Waals surface area contributed by atoms with E-state index < -0.39 is 0 Å². The van der Waals surface area contributed by atoms with Gasteiger partial charge in [0.2, 0.25) is 5.90 Å². The van der Waals surface area contributed by atoms with Gasteiger partial charge in [0.1, 0.15) is 23.8 Å². The van der Waals surface area contributed by atoms with Gasteiger partial charge in [0.25, 0.3) is 0 Å². The third kappa shape index (κ3) is 5.35. The Hall–Kier alpha value is -4.90. The molecule has 4 aromatic carbocycles. The summed E-state index contributed by atoms with van der Waals surface area (Å²) in [5, 5.41) is 2.42. The van der Waals surface area contributed by atoms with E-state index in [9.17, 15) is 0 Å². The molecule has 51 heavy (non-hydrogen) atoms. The molecule has 2 aliphatic heterocycles. The van der Waals surface area contributed by atoms with Crippen LogP contribution in [0.4, 0.5) is 0 Å². The summed E-state index contributed by atoms with van der Waals surface area (Å²) in [7, 11) is 0. The minimum Gasteiger partial charge on any atom is -0.475 e. The Morgan fingerprint density at radius 2 is 1.57 bits per heavy atom. The van der Waals surface area contributed by atoms with Crippen LogP contribution in [-0.4, -0.2) is 28.1 Å². The van der Waals surface area contributed by atoms with Crippen molar-refractivity contribution in [1.29, 1.82) is 0 Å². The molecule has 0 spiro atoms. The van der Waals surface area contributed by atoms with Crippen LogP contribution in [0.15, 0.2) is 77.9 Å². The monoisotopic (exact) mass is 675 g/mol. The zero-order valence-corrected chi connectivity index (χ0v) is 31.9. The second kappa shape index (κ2) is 11.6. The lowest BCUT2D eigenvalue weighted by Gasteiger charge is -2.36. The number of pyridine rings is 1. The smallest absolute Gasteiger partial charge is 0.216 e. The van der Waals surface area contributed by atoms with Crippen molar-refractivity contribution in [3.63, 3.8) is 0 Å². The van der Waals surface area contributed by atoms with E-state index in [1.807, 2.05) is 12.3 Å². The van der Waals surface area contributed by atoms with Crippen molar-refractivity contribution in [3.05, 3.63) is 117 Å². The number of hydrogen-bond acceptors (Lipinski definition) is 4. The molecule has 5 heteroatoms.